The third-order valence-electron chi connectivity index (χ3n) is 4.06. The highest BCUT2D eigenvalue weighted by atomic mass is 79.9. The van der Waals surface area contributed by atoms with Crippen molar-refractivity contribution < 1.29 is 14.6 Å². The van der Waals surface area contributed by atoms with E-state index >= 15 is 0 Å². The van der Waals surface area contributed by atoms with E-state index in [0.717, 1.165) is 10.0 Å². The quantitative estimate of drug-likeness (QED) is 0.258. The van der Waals surface area contributed by atoms with Crippen LogP contribution in [0.3, 0.4) is 0 Å². The van der Waals surface area contributed by atoms with Gasteiger partial charge in [0.25, 0.3) is 5.91 Å². The van der Waals surface area contributed by atoms with Crippen molar-refractivity contribution in [2.75, 3.05) is 5.32 Å². The van der Waals surface area contributed by atoms with Crippen LogP contribution in [0.5, 0.6) is 11.5 Å². The van der Waals surface area contributed by atoms with Crippen LogP contribution in [0.25, 0.3) is 6.08 Å². The van der Waals surface area contributed by atoms with Gasteiger partial charge in [0.2, 0.25) is 0 Å². The number of aromatic hydroxyl groups is 1. The molecule has 0 atom stereocenters. The molecule has 30 heavy (non-hydrogen) atoms. The van der Waals surface area contributed by atoms with Gasteiger partial charge in [-0.3, -0.25) is 4.79 Å². The summed E-state index contributed by atoms with van der Waals surface area (Å²) < 4.78 is 6.74. The second-order valence-electron chi connectivity index (χ2n) is 6.28. The van der Waals surface area contributed by atoms with Crippen molar-refractivity contribution in [3.8, 4) is 17.6 Å². The van der Waals surface area contributed by atoms with E-state index in [4.69, 9.17) is 16.3 Å². The zero-order valence-corrected chi connectivity index (χ0v) is 17.9. The predicted octanol–water partition coefficient (Wildman–Crippen LogP) is 5.93. The molecule has 0 fully saturated rings. The van der Waals surface area contributed by atoms with Crippen molar-refractivity contribution in [3.63, 3.8) is 0 Å². The van der Waals surface area contributed by atoms with Gasteiger partial charge in [-0.15, -0.1) is 0 Å². The van der Waals surface area contributed by atoms with E-state index in [9.17, 15) is 15.2 Å². The maximum Gasteiger partial charge on any atom is 0.266 e. The van der Waals surface area contributed by atoms with Gasteiger partial charge in [-0.05, 0) is 65.7 Å². The summed E-state index contributed by atoms with van der Waals surface area (Å²) in [5.74, 6) is 0.0276. The molecule has 0 aromatic heterocycles. The van der Waals surface area contributed by atoms with Crippen molar-refractivity contribution in [1.82, 2.24) is 0 Å². The number of amides is 1. The van der Waals surface area contributed by atoms with Crippen LogP contribution in [-0.4, -0.2) is 11.0 Å². The Balaban J connectivity index is 1.69. The average molecular weight is 484 g/mol. The number of ether oxygens (including phenoxy) is 1. The lowest BCUT2D eigenvalue weighted by Crippen LogP contribution is -2.13. The van der Waals surface area contributed by atoms with Crippen LogP contribution in [0.4, 0.5) is 5.69 Å². The maximum atomic E-state index is 12.3. The largest absolute Gasteiger partial charge is 0.508 e. The van der Waals surface area contributed by atoms with Crippen molar-refractivity contribution >= 4 is 45.2 Å². The lowest BCUT2D eigenvalue weighted by Gasteiger charge is -2.09. The molecule has 3 aromatic rings. The molecule has 3 rings (SSSR count). The summed E-state index contributed by atoms with van der Waals surface area (Å²) >= 11 is 9.69. The number of anilines is 1. The normalized spacial score (nSPS) is 10.9. The molecule has 150 valence electrons. The Bertz CT molecular complexity index is 1120. The van der Waals surface area contributed by atoms with Crippen LogP contribution >= 0.6 is 27.5 Å². The first-order valence-corrected chi connectivity index (χ1v) is 10.0. The van der Waals surface area contributed by atoms with Gasteiger partial charge in [-0.1, -0.05) is 45.7 Å². The van der Waals surface area contributed by atoms with Crippen LogP contribution in [-0.2, 0) is 11.4 Å². The number of halogens is 2. The van der Waals surface area contributed by atoms with Crippen LogP contribution < -0.4 is 10.1 Å². The molecule has 0 heterocycles. The van der Waals surface area contributed by atoms with Crippen molar-refractivity contribution in [2.24, 2.45) is 0 Å². The first-order valence-electron chi connectivity index (χ1n) is 8.83. The Kier molecular flexibility index (Phi) is 7.12. The molecule has 0 aliphatic heterocycles. The van der Waals surface area contributed by atoms with E-state index in [-0.39, 0.29) is 11.3 Å². The summed E-state index contributed by atoms with van der Waals surface area (Å²) in [5.41, 5.74) is 1.97. The minimum atomic E-state index is -0.560. The Morgan fingerprint density at radius 2 is 1.83 bits per heavy atom. The van der Waals surface area contributed by atoms with E-state index in [2.05, 4.69) is 21.2 Å². The molecule has 7 heteroatoms. The Morgan fingerprint density at radius 3 is 2.47 bits per heavy atom. The lowest BCUT2D eigenvalue weighted by atomic mass is 10.1. The number of benzene rings is 3. The second kappa shape index (κ2) is 9.97. The van der Waals surface area contributed by atoms with E-state index in [1.165, 1.54) is 30.3 Å². The number of carbonyl (C=O) groups is 1. The highest BCUT2D eigenvalue weighted by Gasteiger charge is 2.11. The molecule has 0 spiro atoms. The summed E-state index contributed by atoms with van der Waals surface area (Å²) in [4.78, 5) is 12.3. The molecule has 0 bridgehead atoms. The molecule has 0 aliphatic rings. The van der Waals surface area contributed by atoms with Gasteiger partial charge in [-0.25, -0.2) is 0 Å². The van der Waals surface area contributed by atoms with Crippen molar-refractivity contribution in [2.45, 2.75) is 6.61 Å². The van der Waals surface area contributed by atoms with Gasteiger partial charge in [0.1, 0.15) is 29.7 Å². The molecule has 0 saturated carbocycles. The number of hydrogen-bond acceptors (Lipinski definition) is 4. The first kappa shape index (κ1) is 21.4. The van der Waals surface area contributed by atoms with Crippen LogP contribution in [0.15, 0.2) is 76.8 Å². The van der Waals surface area contributed by atoms with Crippen molar-refractivity contribution in [3.05, 3.63) is 92.9 Å². The second-order valence-corrected chi connectivity index (χ2v) is 7.60. The fraction of sp³-hybridized carbons (Fsp3) is 0.0435. The van der Waals surface area contributed by atoms with E-state index in [1.54, 1.807) is 18.2 Å². The van der Waals surface area contributed by atoms with Gasteiger partial charge in [0.05, 0.1) is 5.02 Å². The smallest absolute Gasteiger partial charge is 0.266 e. The zero-order chi connectivity index (χ0) is 21.5. The number of carbonyl (C=O) groups excluding carboxylic acids is 1. The third-order valence-corrected chi connectivity index (χ3v) is 4.89. The maximum absolute atomic E-state index is 12.3. The van der Waals surface area contributed by atoms with Crippen molar-refractivity contribution in [1.29, 1.82) is 5.26 Å². The number of phenolic OH excluding ortho intramolecular Hbond substituents is 1. The van der Waals surface area contributed by atoms with E-state index in [1.807, 2.05) is 30.3 Å². The fourth-order valence-electron chi connectivity index (χ4n) is 2.52. The summed E-state index contributed by atoms with van der Waals surface area (Å²) in [6.45, 7) is 0.362. The van der Waals surface area contributed by atoms with Gasteiger partial charge in [-0.2, -0.15) is 5.26 Å². The molecule has 0 aliphatic carbocycles. The minimum absolute atomic E-state index is 0.0809. The van der Waals surface area contributed by atoms with Crippen LogP contribution in [0.1, 0.15) is 11.1 Å². The molecule has 0 saturated heterocycles. The summed E-state index contributed by atoms with van der Waals surface area (Å²) in [6, 6.07) is 20.6. The van der Waals surface area contributed by atoms with E-state index in [0.29, 0.717) is 28.6 Å². The summed E-state index contributed by atoms with van der Waals surface area (Å²) in [6.07, 6.45) is 1.44. The number of nitriles is 1. The topological polar surface area (TPSA) is 82.3 Å². The number of hydrogen-bond donors (Lipinski definition) is 2. The standard InChI is InChI=1S/C23H16BrClN2O3/c24-18-4-1-15(2-5-18)14-30-22-10-3-16(12-21(22)25)11-17(13-26)23(29)27-19-6-8-20(28)9-7-19/h1-12,28H,14H2,(H,27,29)/b17-11+. The average Bonchev–Trinajstić information content (AvgIpc) is 2.74. The molecule has 2 N–H and O–H groups in total. The molecular formula is C23H16BrClN2O3. The van der Waals surface area contributed by atoms with E-state index < -0.39 is 5.91 Å². The highest BCUT2D eigenvalue weighted by molar-refractivity contribution is 9.10. The van der Waals surface area contributed by atoms with Gasteiger partial charge >= 0.3 is 0 Å². The number of rotatable bonds is 6. The predicted molar refractivity (Wildman–Crippen MR) is 120 cm³/mol. The number of nitrogens with one attached hydrogen (secondary N) is 1. The van der Waals surface area contributed by atoms with Crippen LogP contribution in [0.2, 0.25) is 5.02 Å². The summed E-state index contributed by atoms with van der Waals surface area (Å²) in [5, 5.41) is 21.6. The lowest BCUT2D eigenvalue weighted by molar-refractivity contribution is -0.112. The number of nitrogens with zero attached hydrogens (tertiary/aromatic N) is 1. The van der Waals surface area contributed by atoms with Crippen LogP contribution in [0, 0.1) is 11.3 Å². The zero-order valence-electron chi connectivity index (χ0n) is 15.6. The Hall–Kier alpha value is -3.27. The molecular weight excluding hydrogens is 468 g/mol. The number of phenols is 1. The molecule has 5 nitrogen and oxygen atoms in total. The molecule has 1 amide bonds. The minimum Gasteiger partial charge on any atom is -0.508 e. The molecule has 3 aromatic carbocycles. The first-order chi connectivity index (χ1) is 14.4. The highest BCUT2D eigenvalue weighted by Crippen LogP contribution is 2.27. The van der Waals surface area contributed by atoms with Gasteiger partial charge in [0.15, 0.2) is 0 Å². The Morgan fingerprint density at radius 1 is 1.13 bits per heavy atom. The molecule has 0 radical (unpaired) electrons. The Labute approximate surface area is 187 Å². The molecule has 0 unspecified atom stereocenters. The fourth-order valence-corrected chi connectivity index (χ4v) is 3.03. The SMILES string of the molecule is N#C/C(=C\c1ccc(OCc2ccc(Br)cc2)c(Cl)c1)C(=O)Nc1ccc(O)cc1. The third kappa shape index (κ3) is 5.86. The van der Waals surface area contributed by atoms with Gasteiger partial charge < -0.3 is 15.2 Å². The summed E-state index contributed by atoms with van der Waals surface area (Å²) in [7, 11) is 0. The van der Waals surface area contributed by atoms with Gasteiger partial charge in [0, 0.05) is 10.2 Å². The monoisotopic (exact) mass is 482 g/mol.